The van der Waals surface area contributed by atoms with E-state index >= 15 is 0 Å². The number of rotatable bonds is 4. The summed E-state index contributed by atoms with van der Waals surface area (Å²) in [5.74, 6) is -0.548. The number of hydrogen-bond donors (Lipinski definition) is 2. The summed E-state index contributed by atoms with van der Waals surface area (Å²) in [7, 11) is 1.55. The van der Waals surface area contributed by atoms with E-state index in [1.165, 1.54) is 18.2 Å². The number of hydrogen-bond acceptors (Lipinski definition) is 3. The van der Waals surface area contributed by atoms with Crippen LogP contribution in [0.2, 0.25) is 0 Å². The highest BCUT2D eigenvalue weighted by atomic mass is 19.1. The highest BCUT2D eigenvalue weighted by Crippen LogP contribution is 2.10. The lowest BCUT2D eigenvalue weighted by atomic mass is 10.1. The molecule has 0 aliphatic carbocycles. The molecular weight excluding hydrogens is 221 g/mol. The van der Waals surface area contributed by atoms with Crippen LogP contribution in [0, 0.1) is 17.1 Å². The summed E-state index contributed by atoms with van der Waals surface area (Å²) in [6.07, 6.45) is 0. The SMILES string of the molecule is CNC(=O)C(C)NCc1cc(F)ccc1C#N. The molecule has 1 aromatic rings. The Morgan fingerprint density at radius 1 is 1.59 bits per heavy atom. The van der Waals surface area contributed by atoms with Crippen molar-refractivity contribution in [2.45, 2.75) is 19.5 Å². The summed E-state index contributed by atoms with van der Waals surface area (Å²) in [5, 5.41) is 14.3. The molecule has 0 bridgehead atoms. The molecule has 1 unspecified atom stereocenters. The number of nitrogens with zero attached hydrogens (tertiary/aromatic N) is 1. The average Bonchev–Trinajstić information content (AvgIpc) is 2.35. The predicted molar refractivity (Wildman–Crippen MR) is 61.5 cm³/mol. The third-order valence-corrected chi connectivity index (χ3v) is 2.43. The predicted octanol–water partition coefficient (Wildman–Crippen LogP) is 0.921. The van der Waals surface area contributed by atoms with Gasteiger partial charge in [-0.25, -0.2) is 4.39 Å². The maximum Gasteiger partial charge on any atom is 0.236 e. The molecule has 17 heavy (non-hydrogen) atoms. The van der Waals surface area contributed by atoms with E-state index in [2.05, 4.69) is 10.6 Å². The molecule has 1 amide bonds. The second kappa shape index (κ2) is 5.97. The summed E-state index contributed by atoms with van der Waals surface area (Å²) >= 11 is 0. The van der Waals surface area contributed by atoms with Crippen molar-refractivity contribution in [3.8, 4) is 6.07 Å². The largest absolute Gasteiger partial charge is 0.358 e. The van der Waals surface area contributed by atoms with E-state index < -0.39 is 11.9 Å². The van der Waals surface area contributed by atoms with Crippen LogP contribution in [0.4, 0.5) is 4.39 Å². The molecule has 4 nitrogen and oxygen atoms in total. The van der Waals surface area contributed by atoms with Gasteiger partial charge in [-0.05, 0) is 30.7 Å². The van der Waals surface area contributed by atoms with Crippen LogP contribution < -0.4 is 10.6 Å². The van der Waals surface area contributed by atoms with Crippen LogP contribution in [-0.4, -0.2) is 19.0 Å². The Kier molecular flexibility index (Phi) is 4.61. The van der Waals surface area contributed by atoms with Crippen LogP contribution in [0.15, 0.2) is 18.2 Å². The lowest BCUT2D eigenvalue weighted by Gasteiger charge is -2.12. The minimum absolute atomic E-state index is 0.153. The summed E-state index contributed by atoms with van der Waals surface area (Å²) in [4.78, 5) is 11.2. The van der Waals surface area contributed by atoms with E-state index in [0.29, 0.717) is 11.1 Å². The molecule has 0 spiro atoms. The van der Waals surface area contributed by atoms with Gasteiger partial charge in [0.05, 0.1) is 17.7 Å². The molecule has 5 heteroatoms. The first kappa shape index (κ1) is 13.1. The Morgan fingerprint density at radius 2 is 2.29 bits per heavy atom. The quantitative estimate of drug-likeness (QED) is 0.815. The van der Waals surface area contributed by atoms with Crippen molar-refractivity contribution in [1.29, 1.82) is 5.26 Å². The molecule has 90 valence electrons. The molecule has 1 atom stereocenters. The highest BCUT2D eigenvalue weighted by molar-refractivity contribution is 5.80. The van der Waals surface area contributed by atoms with Gasteiger partial charge in [0.1, 0.15) is 5.82 Å². The third-order valence-electron chi connectivity index (χ3n) is 2.43. The molecule has 0 radical (unpaired) electrons. The fourth-order valence-electron chi connectivity index (χ4n) is 1.39. The van der Waals surface area contributed by atoms with Crippen LogP contribution in [0.3, 0.4) is 0 Å². The number of nitriles is 1. The third kappa shape index (κ3) is 3.54. The Morgan fingerprint density at radius 3 is 2.88 bits per heavy atom. The Hall–Kier alpha value is -1.93. The minimum atomic E-state index is -0.395. The summed E-state index contributed by atoms with van der Waals surface area (Å²) in [6, 6.07) is 5.55. The van der Waals surface area contributed by atoms with Crippen LogP contribution in [0.25, 0.3) is 0 Å². The van der Waals surface area contributed by atoms with Crippen molar-refractivity contribution in [3.63, 3.8) is 0 Å². The zero-order chi connectivity index (χ0) is 12.8. The molecule has 0 aliphatic heterocycles. The number of likely N-dealkylation sites (N-methyl/N-ethyl adjacent to an activating group) is 1. The number of benzene rings is 1. The molecule has 0 aliphatic rings. The van der Waals surface area contributed by atoms with Gasteiger partial charge in [-0.1, -0.05) is 0 Å². The standard InChI is InChI=1S/C12H14FN3O/c1-8(12(17)15-2)16-7-10-5-11(13)4-3-9(10)6-14/h3-5,8,16H,7H2,1-2H3,(H,15,17). The average molecular weight is 235 g/mol. The summed E-state index contributed by atoms with van der Waals surface area (Å²) < 4.78 is 13.0. The highest BCUT2D eigenvalue weighted by Gasteiger charge is 2.11. The minimum Gasteiger partial charge on any atom is -0.358 e. The molecule has 0 saturated carbocycles. The topological polar surface area (TPSA) is 64.9 Å². The van der Waals surface area contributed by atoms with E-state index in [1.807, 2.05) is 6.07 Å². The fourth-order valence-corrected chi connectivity index (χ4v) is 1.39. The van der Waals surface area contributed by atoms with E-state index in [-0.39, 0.29) is 12.5 Å². The van der Waals surface area contributed by atoms with Crippen molar-refractivity contribution < 1.29 is 9.18 Å². The lowest BCUT2D eigenvalue weighted by molar-refractivity contribution is -0.122. The van der Waals surface area contributed by atoms with E-state index in [4.69, 9.17) is 5.26 Å². The van der Waals surface area contributed by atoms with Gasteiger partial charge in [0.15, 0.2) is 0 Å². The van der Waals surface area contributed by atoms with Crippen LogP contribution >= 0.6 is 0 Å². The molecule has 0 heterocycles. The molecule has 2 N–H and O–H groups in total. The van der Waals surface area contributed by atoms with Crippen LogP contribution in [0.1, 0.15) is 18.1 Å². The Labute approximate surface area is 99.4 Å². The van der Waals surface area contributed by atoms with Gasteiger partial charge in [-0.2, -0.15) is 5.26 Å². The van der Waals surface area contributed by atoms with Crippen molar-refractivity contribution in [1.82, 2.24) is 10.6 Å². The first-order chi connectivity index (χ1) is 8.08. The first-order valence-corrected chi connectivity index (χ1v) is 5.22. The van der Waals surface area contributed by atoms with Gasteiger partial charge < -0.3 is 10.6 Å². The Balaban J connectivity index is 2.72. The van der Waals surface area contributed by atoms with Gasteiger partial charge in [0.2, 0.25) is 5.91 Å². The van der Waals surface area contributed by atoms with Gasteiger partial charge in [-0.15, -0.1) is 0 Å². The number of carbonyl (C=O) groups is 1. The maximum absolute atomic E-state index is 13.0. The van der Waals surface area contributed by atoms with E-state index in [0.717, 1.165) is 0 Å². The first-order valence-electron chi connectivity index (χ1n) is 5.22. The molecule has 0 fully saturated rings. The Bertz CT molecular complexity index is 454. The number of nitrogens with one attached hydrogen (secondary N) is 2. The summed E-state index contributed by atoms with van der Waals surface area (Å²) in [5.41, 5.74) is 0.950. The van der Waals surface area contributed by atoms with Crippen molar-refractivity contribution in [2.75, 3.05) is 7.05 Å². The van der Waals surface area contributed by atoms with Gasteiger partial charge >= 0.3 is 0 Å². The molecule has 1 aromatic carbocycles. The van der Waals surface area contributed by atoms with Gasteiger partial charge in [0.25, 0.3) is 0 Å². The van der Waals surface area contributed by atoms with Gasteiger partial charge in [0, 0.05) is 13.6 Å². The molecule has 0 saturated heterocycles. The van der Waals surface area contributed by atoms with E-state index in [9.17, 15) is 9.18 Å². The number of carbonyl (C=O) groups excluding carboxylic acids is 1. The summed E-state index contributed by atoms with van der Waals surface area (Å²) in [6.45, 7) is 1.97. The molecule has 1 rings (SSSR count). The second-order valence-corrected chi connectivity index (χ2v) is 3.63. The lowest BCUT2D eigenvalue weighted by Crippen LogP contribution is -2.40. The van der Waals surface area contributed by atoms with Crippen molar-refractivity contribution in [2.24, 2.45) is 0 Å². The molecule has 0 aromatic heterocycles. The van der Waals surface area contributed by atoms with E-state index in [1.54, 1.807) is 14.0 Å². The monoisotopic (exact) mass is 235 g/mol. The smallest absolute Gasteiger partial charge is 0.236 e. The van der Waals surface area contributed by atoms with Crippen molar-refractivity contribution >= 4 is 5.91 Å². The van der Waals surface area contributed by atoms with Crippen molar-refractivity contribution in [3.05, 3.63) is 35.1 Å². The second-order valence-electron chi connectivity index (χ2n) is 3.63. The molecular formula is C12H14FN3O. The maximum atomic E-state index is 13.0. The van der Waals surface area contributed by atoms with Crippen LogP contribution in [0.5, 0.6) is 0 Å². The zero-order valence-corrected chi connectivity index (χ0v) is 9.75. The van der Waals surface area contributed by atoms with Crippen LogP contribution in [-0.2, 0) is 11.3 Å². The fraction of sp³-hybridized carbons (Fsp3) is 0.333. The zero-order valence-electron chi connectivity index (χ0n) is 9.75. The number of halogens is 1. The normalized spacial score (nSPS) is 11.6. The number of amides is 1. The van der Waals surface area contributed by atoms with Gasteiger partial charge in [-0.3, -0.25) is 4.79 Å².